The first-order chi connectivity index (χ1) is 11.2. The maximum Gasteiger partial charge on any atom is 0.366 e. The number of hydrogen-bond donors (Lipinski definition) is 1. The Kier molecular flexibility index (Phi) is 2.74. The summed E-state index contributed by atoms with van der Waals surface area (Å²) in [6.45, 7) is 0. The van der Waals surface area contributed by atoms with Crippen LogP contribution in [0.2, 0.25) is 0 Å². The van der Waals surface area contributed by atoms with Crippen LogP contribution in [0.5, 0.6) is 0 Å². The summed E-state index contributed by atoms with van der Waals surface area (Å²) in [7, 11) is 0. The maximum absolute atomic E-state index is 12.3. The van der Waals surface area contributed by atoms with Crippen molar-refractivity contribution in [2.75, 3.05) is 0 Å². The van der Waals surface area contributed by atoms with Gasteiger partial charge in [-0.3, -0.25) is 14.6 Å². The SMILES string of the molecule is O=C(ON1C(=O)c2ccccc2C1=O)c1cncc2[nH]ccc12. The number of nitrogens with zero attached hydrogens (tertiary/aromatic N) is 2. The lowest BCUT2D eigenvalue weighted by molar-refractivity contribution is -0.0583. The van der Waals surface area contributed by atoms with Crippen molar-refractivity contribution in [3.05, 3.63) is 65.6 Å². The monoisotopic (exact) mass is 307 g/mol. The third kappa shape index (κ3) is 1.90. The lowest BCUT2D eigenvalue weighted by Crippen LogP contribution is -2.32. The Labute approximate surface area is 129 Å². The van der Waals surface area contributed by atoms with E-state index in [1.165, 1.54) is 18.3 Å². The molecule has 0 fully saturated rings. The second kappa shape index (κ2) is 4.77. The van der Waals surface area contributed by atoms with Crippen LogP contribution in [0.4, 0.5) is 0 Å². The molecule has 0 saturated carbocycles. The van der Waals surface area contributed by atoms with E-state index in [2.05, 4.69) is 9.97 Å². The number of benzene rings is 1. The molecule has 3 aromatic rings. The summed E-state index contributed by atoms with van der Waals surface area (Å²) in [6.07, 6.45) is 4.55. The molecule has 0 unspecified atom stereocenters. The van der Waals surface area contributed by atoms with Gasteiger partial charge in [0.15, 0.2) is 0 Å². The minimum Gasteiger partial charge on any atom is -0.360 e. The fraction of sp³-hybridized carbons (Fsp3) is 0. The average Bonchev–Trinajstić information content (AvgIpc) is 3.14. The van der Waals surface area contributed by atoms with Gasteiger partial charge in [-0.05, 0) is 18.2 Å². The molecule has 2 aromatic heterocycles. The summed E-state index contributed by atoms with van der Waals surface area (Å²) >= 11 is 0. The van der Waals surface area contributed by atoms with Gasteiger partial charge in [0.05, 0.1) is 28.4 Å². The molecule has 112 valence electrons. The van der Waals surface area contributed by atoms with E-state index in [9.17, 15) is 14.4 Å². The van der Waals surface area contributed by atoms with Gasteiger partial charge in [0.25, 0.3) is 11.8 Å². The zero-order valence-electron chi connectivity index (χ0n) is 11.6. The molecular weight excluding hydrogens is 298 g/mol. The normalized spacial score (nSPS) is 13.5. The highest BCUT2D eigenvalue weighted by Crippen LogP contribution is 2.24. The molecule has 7 heteroatoms. The molecule has 1 aromatic carbocycles. The number of hydrogen-bond acceptors (Lipinski definition) is 5. The van der Waals surface area contributed by atoms with E-state index < -0.39 is 17.8 Å². The van der Waals surface area contributed by atoms with Crippen LogP contribution in [0, 0.1) is 0 Å². The van der Waals surface area contributed by atoms with Crippen LogP contribution in [-0.2, 0) is 4.84 Å². The molecule has 4 rings (SSSR count). The molecule has 1 aliphatic heterocycles. The molecular formula is C16H9N3O4. The Morgan fingerprint density at radius 2 is 1.74 bits per heavy atom. The number of imide groups is 1. The van der Waals surface area contributed by atoms with Gasteiger partial charge in [0.1, 0.15) is 0 Å². The summed E-state index contributed by atoms with van der Waals surface area (Å²) in [5.74, 6) is -2.14. The minimum atomic E-state index is -0.822. The number of carbonyl (C=O) groups is 3. The molecule has 0 atom stereocenters. The Morgan fingerprint density at radius 1 is 1.04 bits per heavy atom. The highest BCUT2D eigenvalue weighted by Gasteiger charge is 2.39. The lowest BCUT2D eigenvalue weighted by Gasteiger charge is -2.12. The van der Waals surface area contributed by atoms with Crippen LogP contribution in [-0.4, -0.2) is 32.8 Å². The van der Waals surface area contributed by atoms with Crippen molar-refractivity contribution >= 4 is 28.7 Å². The molecule has 7 nitrogen and oxygen atoms in total. The quantitative estimate of drug-likeness (QED) is 0.730. The summed E-state index contributed by atoms with van der Waals surface area (Å²) in [4.78, 5) is 48.6. The average molecular weight is 307 g/mol. The number of aromatic nitrogens is 2. The molecule has 1 N–H and O–H groups in total. The van der Waals surface area contributed by atoms with Crippen LogP contribution >= 0.6 is 0 Å². The van der Waals surface area contributed by atoms with Gasteiger partial charge in [0, 0.05) is 17.8 Å². The van der Waals surface area contributed by atoms with E-state index in [1.807, 2.05) is 0 Å². The molecule has 3 heterocycles. The highest BCUT2D eigenvalue weighted by molar-refractivity contribution is 6.21. The number of aromatic amines is 1. The number of amides is 2. The molecule has 2 amide bonds. The van der Waals surface area contributed by atoms with E-state index in [4.69, 9.17) is 4.84 Å². The Balaban J connectivity index is 1.67. The van der Waals surface area contributed by atoms with Crippen LogP contribution < -0.4 is 0 Å². The molecule has 1 aliphatic rings. The van der Waals surface area contributed by atoms with Crippen molar-refractivity contribution in [3.8, 4) is 0 Å². The standard InChI is InChI=1S/C16H9N3O4/c20-14-10-3-1-2-4-11(10)15(21)19(14)23-16(22)12-7-17-8-13-9(12)5-6-18-13/h1-8,18H. The Bertz CT molecular complexity index is 941. The van der Waals surface area contributed by atoms with Crippen molar-refractivity contribution in [1.29, 1.82) is 0 Å². The summed E-state index contributed by atoms with van der Waals surface area (Å²) in [6, 6.07) is 7.99. The van der Waals surface area contributed by atoms with Gasteiger partial charge in [-0.25, -0.2) is 4.79 Å². The summed E-state index contributed by atoms with van der Waals surface area (Å²) in [5.41, 5.74) is 1.24. The summed E-state index contributed by atoms with van der Waals surface area (Å²) < 4.78 is 0. The molecule has 0 spiro atoms. The predicted molar refractivity (Wildman–Crippen MR) is 78.5 cm³/mol. The molecule has 0 radical (unpaired) electrons. The van der Waals surface area contributed by atoms with Crippen molar-refractivity contribution in [2.45, 2.75) is 0 Å². The second-order valence-electron chi connectivity index (χ2n) is 4.95. The van der Waals surface area contributed by atoms with Crippen molar-refractivity contribution in [1.82, 2.24) is 15.0 Å². The van der Waals surface area contributed by atoms with Crippen LogP contribution in [0.15, 0.2) is 48.9 Å². The third-order valence-corrected chi connectivity index (χ3v) is 3.63. The van der Waals surface area contributed by atoms with E-state index in [1.54, 1.807) is 30.6 Å². The molecule has 0 saturated heterocycles. The third-order valence-electron chi connectivity index (χ3n) is 3.63. The number of fused-ring (bicyclic) bond motifs is 2. The zero-order valence-corrected chi connectivity index (χ0v) is 11.6. The van der Waals surface area contributed by atoms with Gasteiger partial charge >= 0.3 is 5.97 Å². The highest BCUT2D eigenvalue weighted by atomic mass is 16.7. The van der Waals surface area contributed by atoms with E-state index >= 15 is 0 Å². The minimum absolute atomic E-state index is 0.167. The van der Waals surface area contributed by atoms with Crippen molar-refractivity contribution in [3.63, 3.8) is 0 Å². The summed E-state index contributed by atoms with van der Waals surface area (Å²) in [5, 5.41) is 1.08. The first-order valence-electron chi connectivity index (χ1n) is 6.78. The number of pyridine rings is 1. The van der Waals surface area contributed by atoms with Gasteiger partial charge in [0.2, 0.25) is 0 Å². The van der Waals surface area contributed by atoms with Crippen LogP contribution in [0.25, 0.3) is 10.9 Å². The van der Waals surface area contributed by atoms with Crippen LogP contribution in [0.3, 0.4) is 0 Å². The first-order valence-corrected chi connectivity index (χ1v) is 6.78. The molecule has 0 bridgehead atoms. The molecule has 0 aliphatic carbocycles. The number of H-pyrrole nitrogens is 1. The van der Waals surface area contributed by atoms with Gasteiger partial charge in [-0.2, -0.15) is 0 Å². The number of carbonyl (C=O) groups excluding carboxylic acids is 3. The van der Waals surface area contributed by atoms with Crippen LogP contribution in [0.1, 0.15) is 31.1 Å². The topological polar surface area (TPSA) is 92.4 Å². The Morgan fingerprint density at radius 3 is 2.43 bits per heavy atom. The van der Waals surface area contributed by atoms with Gasteiger partial charge < -0.3 is 9.82 Å². The number of nitrogens with one attached hydrogen (secondary N) is 1. The van der Waals surface area contributed by atoms with Gasteiger partial charge in [-0.15, -0.1) is 0 Å². The smallest absolute Gasteiger partial charge is 0.360 e. The van der Waals surface area contributed by atoms with E-state index in [0.29, 0.717) is 16.0 Å². The lowest BCUT2D eigenvalue weighted by atomic mass is 10.1. The second-order valence-corrected chi connectivity index (χ2v) is 4.95. The Hall–Kier alpha value is -3.48. The van der Waals surface area contributed by atoms with Gasteiger partial charge in [-0.1, -0.05) is 17.2 Å². The van der Waals surface area contributed by atoms with Crippen molar-refractivity contribution < 1.29 is 19.2 Å². The predicted octanol–water partition coefficient (Wildman–Crippen LogP) is 1.93. The van der Waals surface area contributed by atoms with E-state index in [-0.39, 0.29) is 16.7 Å². The fourth-order valence-electron chi connectivity index (χ4n) is 2.52. The maximum atomic E-state index is 12.3. The molecule has 23 heavy (non-hydrogen) atoms. The van der Waals surface area contributed by atoms with E-state index in [0.717, 1.165) is 0 Å². The zero-order chi connectivity index (χ0) is 16.0. The van der Waals surface area contributed by atoms with Crippen molar-refractivity contribution in [2.24, 2.45) is 0 Å². The first kappa shape index (κ1) is 13.2. The number of rotatable bonds is 2. The largest absolute Gasteiger partial charge is 0.366 e. The fourth-order valence-corrected chi connectivity index (χ4v) is 2.52. The number of hydroxylamine groups is 2.